The molecule has 6 heteroatoms. The van der Waals surface area contributed by atoms with Crippen molar-refractivity contribution in [3.05, 3.63) is 35.4 Å². The predicted octanol–water partition coefficient (Wildman–Crippen LogP) is 2.39. The second-order valence-corrected chi connectivity index (χ2v) is 7.25. The van der Waals surface area contributed by atoms with Crippen LogP contribution < -0.4 is 10.6 Å². The summed E-state index contributed by atoms with van der Waals surface area (Å²) in [4.78, 5) is 7.20. The molecule has 0 amide bonds. The lowest BCUT2D eigenvalue weighted by Gasteiger charge is -2.32. The van der Waals surface area contributed by atoms with Gasteiger partial charge in [-0.3, -0.25) is 4.90 Å². The summed E-state index contributed by atoms with van der Waals surface area (Å²) in [5.74, 6) is 0.862. The lowest BCUT2D eigenvalue weighted by molar-refractivity contribution is 0.0211. The van der Waals surface area contributed by atoms with E-state index >= 15 is 0 Å². The second-order valence-electron chi connectivity index (χ2n) is 7.25. The standard InChI is InChI=1S/C21H36N4O2/c1-5-22-21(23-14-18(4)25-9-11-26-12-10-25)24-15-19-7-6-8-20(13-19)16-27-17(2)3/h6-8,13,17-18H,5,9-12,14-16H2,1-4H3,(H2,22,23,24). The zero-order valence-corrected chi connectivity index (χ0v) is 17.3. The van der Waals surface area contributed by atoms with Crippen molar-refractivity contribution in [3.8, 4) is 0 Å². The van der Waals surface area contributed by atoms with Crippen LogP contribution in [0.5, 0.6) is 0 Å². The highest BCUT2D eigenvalue weighted by atomic mass is 16.5. The maximum absolute atomic E-state index is 5.70. The van der Waals surface area contributed by atoms with Gasteiger partial charge in [-0.2, -0.15) is 0 Å². The van der Waals surface area contributed by atoms with Gasteiger partial charge in [-0.05, 0) is 38.8 Å². The molecular formula is C21H36N4O2. The first-order chi connectivity index (χ1) is 13.1. The van der Waals surface area contributed by atoms with E-state index < -0.39 is 0 Å². The van der Waals surface area contributed by atoms with Crippen molar-refractivity contribution in [2.45, 2.75) is 53.0 Å². The topological polar surface area (TPSA) is 58.1 Å². The van der Waals surface area contributed by atoms with Gasteiger partial charge in [0, 0.05) is 32.2 Å². The fourth-order valence-corrected chi connectivity index (χ4v) is 2.98. The molecule has 1 aromatic carbocycles. The van der Waals surface area contributed by atoms with Gasteiger partial charge < -0.3 is 20.1 Å². The van der Waals surface area contributed by atoms with Crippen molar-refractivity contribution in [1.29, 1.82) is 0 Å². The Morgan fingerprint density at radius 3 is 2.63 bits per heavy atom. The van der Waals surface area contributed by atoms with E-state index in [9.17, 15) is 0 Å². The summed E-state index contributed by atoms with van der Waals surface area (Å²) in [5, 5.41) is 6.81. The molecule has 1 aromatic rings. The molecule has 1 fully saturated rings. The van der Waals surface area contributed by atoms with Gasteiger partial charge in [0.25, 0.3) is 0 Å². The van der Waals surface area contributed by atoms with E-state index in [1.54, 1.807) is 0 Å². The number of morpholine rings is 1. The maximum Gasteiger partial charge on any atom is 0.191 e. The molecule has 1 atom stereocenters. The van der Waals surface area contributed by atoms with Crippen molar-refractivity contribution in [2.75, 3.05) is 39.4 Å². The number of rotatable bonds is 9. The normalized spacial score (nSPS) is 17.1. The van der Waals surface area contributed by atoms with Gasteiger partial charge in [-0.25, -0.2) is 4.99 Å². The Morgan fingerprint density at radius 2 is 1.93 bits per heavy atom. The minimum absolute atomic E-state index is 0.240. The van der Waals surface area contributed by atoms with Crippen molar-refractivity contribution < 1.29 is 9.47 Å². The van der Waals surface area contributed by atoms with Crippen LogP contribution >= 0.6 is 0 Å². The van der Waals surface area contributed by atoms with Crippen LogP contribution in [-0.2, 0) is 22.6 Å². The Hall–Kier alpha value is -1.63. The van der Waals surface area contributed by atoms with Crippen LogP contribution in [0.3, 0.4) is 0 Å². The summed E-state index contributed by atoms with van der Waals surface area (Å²) < 4.78 is 11.1. The van der Waals surface area contributed by atoms with Crippen LogP contribution in [0.25, 0.3) is 0 Å². The summed E-state index contributed by atoms with van der Waals surface area (Å²) in [5.41, 5.74) is 2.38. The van der Waals surface area contributed by atoms with Crippen molar-refractivity contribution >= 4 is 5.96 Å². The first kappa shape index (κ1) is 21.7. The highest BCUT2D eigenvalue weighted by molar-refractivity contribution is 5.79. The van der Waals surface area contributed by atoms with E-state index in [4.69, 9.17) is 14.5 Å². The van der Waals surface area contributed by atoms with E-state index in [1.807, 2.05) is 0 Å². The number of nitrogens with zero attached hydrogens (tertiary/aromatic N) is 2. The van der Waals surface area contributed by atoms with E-state index in [1.165, 1.54) is 11.1 Å². The zero-order chi connectivity index (χ0) is 19.5. The minimum Gasteiger partial charge on any atom is -0.379 e. The van der Waals surface area contributed by atoms with Gasteiger partial charge in [0.1, 0.15) is 0 Å². The number of benzene rings is 1. The average molecular weight is 377 g/mol. The second kappa shape index (κ2) is 12.0. The molecule has 0 bridgehead atoms. The molecule has 1 heterocycles. The maximum atomic E-state index is 5.70. The lowest BCUT2D eigenvalue weighted by Crippen LogP contribution is -2.49. The molecule has 1 saturated heterocycles. The number of hydrogen-bond acceptors (Lipinski definition) is 4. The van der Waals surface area contributed by atoms with E-state index in [-0.39, 0.29) is 6.10 Å². The van der Waals surface area contributed by atoms with Gasteiger partial charge >= 0.3 is 0 Å². The molecule has 6 nitrogen and oxygen atoms in total. The summed E-state index contributed by atoms with van der Waals surface area (Å²) in [6, 6.07) is 8.91. The molecule has 2 N–H and O–H groups in total. The molecule has 0 radical (unpaired) electrons. The molecule has 0 saturated carbocycles. The van der Waals surface area contributed by atoms with Crippen LogP contribution in [0.4, 0.5) is 0 Å². The Morgan fingerprint density at radius 1 is 1.19 bits per heavy atom. The summed E-state index contributed by atoms with van der Waals surface area (Å²) >= 11 is 0. The van der Waals surface area contributed by atoms with Crippen LogP contribution in [0.15, 0.2) is 29.3 Å². The molecule has 0 aliphatic carbocycles. The zero-order valence-electron chi connectivity index (χ0n) is 17.3. The Balaban J connectivity index is 1.87. The van der Waals surface area contributed by atoms with Crippen LogP contribution in [0.1, 0.15) is 38.8 Å². The van der Waals surface area contributed by atoms with Gasteiger partial charge in [-0.15, -0.1) is 0 Å². The van der Waals surface area contributed by atoms with E-state index in [0.29, 0.717) is 19.2 Å². The number of guanidine groups is 1. The van der Waals surface area contributed by atoms with Crippen LogP contribution in [0.2, 0.25) is 0 Å². The smallest absolute Gasteiger partial charge is 0.191 e. The highest BCUT2D eigenvalue weighted by Crippen LogP contribution is 2.09. The monoisotopic (exact) mass is 376 g/mol. The molecule has 152 valence electrons. The molecule has 1 aliphatic heterocycles. The molecule has 0 spiro atoms. The van der Waals surface area contributed by atoms with E-state index in [0.717, 1.165) is 45.4 Å². The third-order valence-electron chi connectivity index (χ3n) is 4.57. The van der Waals surface area contributed by atoms with Gasteiger partial charge in [0.15, 0.2) is 5.96 Å². The summed E-state index contributed by atoms with van der Waals surface area (Å²) in [6.07, 6.45) is 0.240. The molecule has 2 rings (SSSR count). The quantitative estimate of drug-likeness (QED) is 0.512. The lowest BCUT2D eigenvalue weighted by atomic mass is 10.1. The van der Waals surface area contributed by atoms with Gasteiger partial charge in [-0.1, -0.05) is 24.3 Å². The number of nitrogens with one attached hydrogen (secondary N) is 2. The van der Waals surface area contributed by atoms with Crippen molar-refractivity contribution in [1.82, 2.24) is 15.5 Å². The third-order valence-corrected chi connectivity index (χ3v) is 4.57. The first-order valence-electron chi connectivity index (χ1n) is 10.1. The number of hydrogen-bond donors (Lipinski definition) is 2. The summed E-state index contributed by atoms with van der Waals surface area (Å²) in [7, 11) is 0. The molecule has 1 aliphatic rings. The predicted molar refractivity (Wildman–Crippen MR) is 111 cm³/mol. The Kier molecular flexibility index (Phi) is 9.59. The molecule has 0 aromatic heterocycles. The van der Waals surface area contributed by atoms with Crippen molar-refractivity contribution in [3.63, 3.8) is 0 Å². The third kappa shape index (κ3) is 8.28. The van der Waals surface area contributed by atoms with Gasteiger partial charge in [0.2, 0.25) is 0 Å². The highest BCUT2D eigenvalue weighted by Gasteiger charge is 2.16. The summed E-state index contributed by atoms with van der Waals surface area (Å²) in [6.45, 7) is 15.1. The number of ether oxygens (including phenoxy) is 2. The largest absolute Gasteiger partial charge is 0.379 e. The molecule has 1 unspecified atom stereocenters. The minimum atomic E-state index is 0.240. The van der Waals surface area contributed by atoms with E-state index in [2.05, 4.69) is 67.5 Å². The van der Waals surface area contributed by atoms with Crippen molar-refractivity contribution in [2.24, 2.45) is 4.99 Å². The van der Waals surface area contributed by atoms with Gasteiger partial charge in [0.05, 0.1) is 32.5 Å². The fraction of sp³-hybridized carbons (Fsp3) is 0.667. The fourth-order valence-electron chi connectivity index (χ4n) is 2.98. The van der Waals surface area contributed by atoms with Crippen LogP contribution in [0, 0.1) is 0 Å². The molecule has 27 heavy (non-hydrogen) atoms. The number of aliphatic imine (C=N–C) groups is 1. The first-order valence-corrected chi connectivity index (χ1v) is 10.1. The SMILES string of the molecule is CCNC(=NCc1cccc(COC(C)C)c1)NCC(C)N1CCOCC1. The Bertz CT molecular complexity index is 571. The average Bonchev–Trinajstić information content (AvgIpc) is 2.69. The molecular weight excluding hydrogens is 340 g/mol. The van der Waals surface area contributed by atoms with Crippen LogP contribution in [-0.4, -0.2) is 62.4 Å². The Labute approximate surface area is 164 Å².